The lowest BCUT2D eigenvalue weighted by molar-refractivity contribution is -0.132. The third-order valence-electron chi connectivity index (χ3n) is 7.08. The van der Waals surface area contributed by atoms with Crippen molar-refractivity contribution in [3.8, 4) is 17.2 Å². The molecule has 39 heavy (non-hydrogen) atoms. The first-order valence-electron chi connectivity index (χ1n) is 12.9. The molecule has 0 aliphatic carbocycles. The number of aromatic hydroxyl groups is 1. The third kappa shape index (κ3) is 5.09. The Kier molecular flexibility index (Phi) is 7.46. The number of carbonyl (C=O) groups is 2. The summed E-state index contributed by atoms with van der Waals surface area (Å²) in [5.41, 5.74) is 2.89. The highest BCUT2D eigenvalue weighted by atomic mass is 16.5. The van der Waals surface area contributed by atoms with Crippen LogP contribution in [0.2, 0.25) is 0 Å². The van der Waals surface area contributed by atoms with Crippen LogP contribution in [0.15, 0.2) is 66.2 Å². The number of phenolic OH excluding ortho intramolecular Hbond substituents is 1. The van der Waals surface area contributed by atoms with Crippen LogP contribution in [0, 0.1) is 0 Å². The zero-order chi connectivity index (χ0) is 28.6. The van der Waals surface area contributed by atoms with Crippen LogP contribution >= 0.6 is 0 Å². The molecule has 3 aromatic rings. The number of aliphatic hydroxyl groups is 1. The van der Waals surface area contributed by atoms with E-state index in [9.17, 15) is 19.8 Å². The van der Waals surface area contributed by atoms with Crippen molar-refractivity contribution in [1.29, 1.82) is 0 Å². The van der Waals surface area contributed by atoms with Crippen molar-refractivity contribution in [3.63, 3.8) is 0 Å². The number of methoxy groups -OCH3 is 2. The topological polar surface area (TPSA) is 96.3 Å². The number of carbonyl (C=O) groups excluding carboxylic acids is 2. The van der Waals surface area contributed by atoms with Crippen molar-refractivity contribution in [2.24, 2.45) is 0 Å². The van der Waals surface area contributed by atoms with Gasteiger partial charge in [-0.1, -0.05) is 52.8 Å². The number of amides is 1. The molecule has 0 spiro atoms. The SMILES string of the molecule is COc1ccc(C2/C(=C(/O)c3ccc(OC)c(C(C)(C)C)c3)C(=O)C(=O)N2c2ccc(C(C)C)cc2)cc1O. The maximum absolute atomic E-state index is 13.6. The van der Waals surface area contributed by atoms with Crippen molar-refractivity contribution < 1.29 is 29.3 Å². The highest BCUT2D eigenvalue weighted by Gasteiger charge is 2.47. The molecule has 1 fully saturated rings. The normalized spacial score (nSPS) is 17.1. The van der Waals surface area contributed by atoms with Gasteiger partial charge in [-0.2, -0.15) is 0 Å². The molecule has 1 aliphatic rings. The van der Waals surface area contributed by atoms with Crippen LogP contribution in [0.4, 0.5) is 5.69 Å². The number of Topliss-reactive ketones (excluding diaryl/α,β-unsaturated/α-hetero) is 1. The second kappa shape index (κ2) is 10.5. The van der Waals surface area contributed by atoms with Crippen molar-refractivity contribution >= 4 is 23.1 Å². The average Bonchev–Trinajstić information content (AvgIpc) is 3.17. The zero-order valence-electron chi connectivity index (χ0n) is 23.4. The van der Waals surface area contributed by atoms with Crippen LogP contribution in [0.25, 0.3) is 5.76 Å². The number of ketones is 1. The highest BCUT2D eigenvalue weighted by molar-refractivity contribution is 6.51. The Bertz CT molecular complexity index is 1450. The summed E-state index contributed by atoms with van der Waals surface area (Å²) in [6.45, 7) is 10.2. The van der Waals surface area contributed by atoms with Gasteiger partial charge in [0.15, 0.2) is 11.5 Å². The molecule has 0 aromatic heterocycles. The summed E-state index contributed by atoms with van der Waals surface area (Å²) < 4.78 is 10.7. The number of hydrogen-bond acceptors (Lipinski definition) is 6. The van der Waals surface area contributed by atoms with Gasteiger partial charge in [-0.15, -0.1) is 0 Å². The molecule has 1 saturated heterocycles. The van der Waals surface area contributed by atoms with Crippen LogP contribution in [-0.4, -0.2) is 36.1 Å². The summed E-state index contributed by atoms with van der Waals surface area (Å²) in [4.78, 5) is 28.4. The molecule has 0 bridgehead atoms. The summed E-state index contributed by atoms with van der Waals surface area (Å²) in [6.07, 6.45) is 0. The van der Waals surface area contributed by atoms with Crippen LogP contribution < -0.4 is 14.4 Å². The molecule has 204 valence electrons. The quantitative estimate of drug-likeness (QED) is 0.216. The Morgan fingerprint density at radius 1 is 0.897 bits per heavy atom. The Balaban J connectivity index is 1.96. The third-order valence-corrected chi connectivity index (χ3v) is 7.08. The summed E-state index contributed by atoms with van der Waals surface area (Å²) in [7, 11) is 3.02. The standard InChI is InChI=1S/C32H35NO6/c1-18(2)19-8-12-22(13-9-19)33-28(20-10-15-26(39-7)24(34)17-20)27(30(36)31(33)37)29(35)21-11-14-25(38-6)23(16-21)32(3,4)5/h8-18,28,34-35H,1-7H3/b29-27-. The van der Waals surface area contributed by atoms with E-state index in [4.69, 9.17) is 9.47 Å². The highest BCUT2D eigenvalue weighted by Crippen LogP contribution is 2.45. The fourth-order valence-corrected chi connectivity index (χ4v) is 4.91. The second-order valence-electron chi connectivity index (χ2n) is 11.0. The molecule has 1 amide bonds. The maximum Gasteiger partial charge on any atom is 0.300 e. The molecule has 1 heterocycles. The van der Waals surface area contributed by atoms with E-state index < -0.39 is 17.7 Å². The lowest BCUT2D eigenvalue weighted by Crippen LogP contribution is -2.29. The lowest BCUT2D eigenvalue weighted by Gasteiger charge is -2.26. The lowest BCUT2D eigenvalue weighted by atomic mass is 9.84. The largest absolute Gasteiger partial charge is 0.507 e. The van der Waals surface area contributed by atoms with Gasteiger partial charge in [-0.05, 0) is 64.9 Å². The first-order valence-corrected chi connectivity index (χ1v) is 12.9. The fourth-order valence-electron chi connectivity index (χ4n) is 4.91. The van der Waals surface area contributed by atoms with E-state index in [1.54, 1.807) is 49.6 Å². The van der Waals surface area contributed by atoms with E-state index in [1.165, 1.54) is 18.1 Å². The van der Waals surface area contributed by atoms with Crippen LogP contribution in [0.1, 0.15) is 68.8 Å². The number of phenols is 1. The average molecular weight is 530 g/mol. The second-order valence-corrected chi connectivity index (χ2v) is 11.0. The van der Waals surface area contributed by atoms with E-state index in [1.807, 2.05) is 32.9 Å². The zero-order valence-corrected chi connectivity index (χ0v) is 23.4. The van der Waals surface area contributed by atoms with Crippen LogP contribution in [0.3, 0.4) is 0 Å². The number of hydrogen-bond donors (Lipinski definition) is 2. The van der Waals surface area contributed by atoms with E-state index in [0.717, 1.165) is 11.1 Å². The summed E-state index contributed by atoms with van der Waals surface area (Å²) in [6, 6.07) is 16.3. The summed E-state index contributed by atoms with van der Waals surface area (Å²) in [5, 5.41) is 22.2. The molecule has 1 unspecified atom stereocenters. The molecular formula is C32H35NO6. The summed E-state index contributed by atoms with van der Waals surface area (Å²) in [5.74, 6) is -0.829. The minimum absolute atomic E-state index is 0.0671. The van der Waals surface area contributed by atoms with Gasteiger partial charge in [0.1, 0.15) is 11.5 Å². The number of rotatable bonds is 6. The Labute approximate surface area is 229 Å². The molecular weight excluding hydrogens is 494 g/mol. The van der Waals surface area contributed by atoms with Gasteiger partial charge >= 0.3 is 0 Å². The molecule has 0 saturated carbocycles. The molecule has 1 aliphatic heterocycles. The number of benzene rings is 3. The van der Waals surface area contributed by atoms with Gasteiger partial charge in [-0.25, -0.2) is 0 Å². The van der Waals surface area contributed by atoms with Crippen molar-refractivity contribution in [2.45, 2.75) is 52.0 Å². The fraction of sp³-hybridized carbons (Fsp3) is 0.312. The number of ether oxygens (including phenoxy) is 2. The number of anilines is 1. The van der Waals surface area contributed by atoms with Crippen LogP contribution in [0.5, 0.6) is 17.2 Å². The molecule has 7 heteroatoms. The minimum Gasteiger partial charge on any atom is -0.507 e. The molecule has 4 rings (SSSR count). The van der Waals surface area contributed by atoms with E-state index in [-0.39, 0.29) is 34.2 Å². The van der Waals surface area contributed by atoms with Gasteiger partial charge in [0.05, 0.1) is 25.8 Å². The number of aliphatic hydroxyl groups excluding tert-OH is 1. The Morgan fingerprint density at radius 3 is 2.05 bits per heavy atom. The van der Waals surface area contributed by atoms with Gasteiger partial charge < -0.3 is 19.7 Å². The predicted molar refractivity (Wildman–Crippen MR) is 152 cm³/mol. The smallest absolute Gasteiger partial charge is 0.300 e. The number of nitrogens with zero attached hydrogens (tertiary/aromatic N) is 1. The Hall–Kier alpha value is -4.26. The Morgan fingerprint density at radius 2 is 1.51 bits per heavy atom. The van der Waals surface area contributed by atoms with E-state index >= 15 is 0 Å². The molecule has 0 radical (unpaired) electrons. The van der Waals surface area contributed by atoms with E-state index in [2.05, 4.69) is 13.8 Å². The minimum atomic E-state index is -0.980. The van der Waals surface area contributed by atoms with Crippen molar-refractivity contribution in [1.82, 2.24) is 0 Å². The van der Waals surface area contributed by atoms with Crippen molar-refractivity contribution in [2.75, 3.05) is 19.1 Å². The predicted octanol–water partition coefficient (Wildman–Crippen LogP) is 6.46. The molecule has 1 atom stereocenters. The van der Waals surface area contributed by atoms with Crippen LogP contribution in [-0.2, 0) is 15.0 Å². The summed E-state index contributed by atoms with van der Waals surface area (Å²) >= 11 is 0. The molecule has 2 N–H and O–H groups in total. The maximum atomic E-state index is 13.6. The monoisotopic (exact) mass is 529 g/mol. The first kappa shape index (κ1) is 27.8. The molecule has 3 aromatic carbocycles. The first-order chi connectivity index (χ1) is 18.4. The van der Waals surface area contributed by atoms with E-state index in [0.29, 0.717) is 22.6 Å². The van der Waals surface area contributed by atoms with Gasteiger partial charge in [-0.3, -0.25) is 14.5 Å². The van der Waals surface area contributed by atoms with Crippen molar-refractivity contribution in [3.05, 3.63) is 88.5 Å². The van der Waals surface area contributed by atoms with Gasteiger partial charge in [0, 0.05) is 16.8 Å². The van der Waals surface area contributed by atoms with Gasteiger partial charge in [0.25, 0.3) is 11.7 Å². The molecule has 7 nitrogen and oxygen atoms in total. The van der Waals surface area contributed by atoms with Gasteiger partial charge in [0.2, 0.25) is 0 Å².